The van der Waals surface area contributed by atoms with Crippen LogP contribution in [0.4, 0.5) is 13.2 Å². The van der Waals surface area contributed by atoms with Crippen LogP contribution in [0.5, 0.6) is 5.75 Å². The number of hydrogen-bond donors (Lipinski definition) is 1. The number of nitrogens with zero attached hydrogens (tertiary/aromatic N) is 6. The standard InChI is InChI=1S/C18H21F3N6O6S/c1-11(2)16-22-23-24-26(16)10-15(28)25-7-8-27(14(9-25)17(29)30)34(31,32)13-5-3-12(4-6-13)33-18(19,20)21/h3-6,11,14H,7-10H2,1-2H3,(H,29,30)/t14-/m1/s1. The SMILES string of the molecule is CC(C)c1nnnn1CC(=O)N1CCN(S(=O)(=O)c2ccc(OC(F)(F)F)cc2)[C@@H](C(=O)O)C1. The Morgan fingerprint density at radius 1 is 1.21 bits per heavy atom. The number of amides is 1. The van der Waals surface area contributed by atoms with Crippen molar-refractivity contribution < 1.29 is 41.0 Å². The van der Waals surface area contributed by atoms with Crippen LogP contribution >= 0.6 is 0 Å². The van der Waals surface area contributed by atoms with Crippen LogP contribution in [0.1, 0.15) is 25.6 Å². The average Bonchev–Trinajstić information content (AvgIpc) is 3.21. The van der Waals surface area contributed by atoms with Crippen molar-refractivity contribution in [1.82, 2.24) is 29.4 Å². The molecular formula is C18H21F3N6O6S. The van der Waals surface area contributed by atoms with E-state index in [-0.39, 0.29) is 25.6 Å². The minimum atomic E-state index is -4.95. The van der Waals surface area contributed by atoms with E-state index in [0.717, 1.165) is 24.3 Å². The van der Waals surface area contributed by atoms with E-state index in [2.05, 4.69) is 20.3 Å². The topological polar surface area (TPSA) is 148 Å². The summed E-state index contributed by atoms with van der Waals surface area (Å²) < 4.78 is 68.7. The van der Waals surface area contributed by atoms with E-state index < -0.39 is 51.5 Å². The number of ether oxygens (including phenoxy) is 1. The van der Waals surface area contributed by atoms with E-state index in [0.29, 0.717) is 10.1 Å². The number of tetrazole rings is 1. The highest BCUT2D eigenvalue weighted by Crippen LogP contribution is 2.27. The average molecular weight is 506 g/mol. The minimum absolute atomic E-state index is 0.0653. The molecular weight excluding hydrogens is 485 g/mol. The Morgan fingerprint density at radius 3 is 2.41 bits per heavy atom. The summed E-state index contributed by atoms with van der Waals surface area (Å²) in [6.07, 6.45) is -4.95. The number of benzene rings is 1. The second-order valence-corrected chi connectivity index (χ2v) is 9.57. The Kier molecular flexibility index (Phi) is 7.11. The van der Waals surface area contributed by atoms with Crippen molar-refractivity contribution in [2.45, 2.75) is 43.6 Å². The molecule has 0 bridgehead atoms. The highest BCUT2D eigenvalue weighted by atomic mass is 32.2. The van der Waals surface area contributed by atoms with E-state index in [9.17, 15) is 36.3 Å². The molecule has 0 unspecified atom stereocenters. The summed E-state index contributed by atoms with van der Waals surface area (Å²) in [6, 6.07) is 1.80. The second kappa shape index (κ2) is 9.54. The predicted octanol–water partition coefficient (Wildman–Crippen LogP) is 0.681. The third kappa shape index (κ3) is 5.61. The number of halogens is 3. The molecule has 16 heteroatoms. The van der Waals surface area contributed by atoms with Gasteiger partial charge in [0.25, 0.3) is 0 Å². The van der Waals surface area contributed by atoms with Crippen LogP contribution < -0.4 is 4.74 Å². The van der Waals surface area contributed by atoms with Crippen molar-refractivity contribution >= 4 is 21.9 Å². The summed E-state index contributed by atoms with van der Waals surface area (Å²) in [5.74, 6) is -2.21. The van der Waals surface area contributed by atoms with Crippen LogP contribution in [-0.4, -0.2) is 86.9 Å². The Balaban J connectivity index is 1.76. The van der Waals surface area contributed by atoms with Gasteiger partial charge < -0.3 is 14.7 Å². The largest absolute Gasteiger partial charge is 0.573 e. The van der Waals surface area contributed by atoms with Crippen LogP contribution in [0.2, 0.25) is 0 Å². The van der Waals surface area contributed by atoms with Gasteiger partial charge in [-0.2, -0.15) is 4.31 Å². The van der Waals surface area contributed by atoms with Gasteiger partial charge >= 0.3 is 12.3 Å². The summed E-state index contributed by atoms with van der Waals surface area (Å²) in [7, 11) is -4.39. The van der Waals surface area contributed by atoms with Crippen molar-refractivity contribution in [2.24, 2.45) is 0 Å². The van der Waals surface area contributed by atoms with Gasteiger partial charge in [0, 0.05) is 25.6 Å². The maximum Gasteiger partial charge on any atom is 0.573 e. The summed E-state index contributed by atoms with van der Waals surface area (Å²) in [4.78, 5) is 25.4. The molecule has 0 aliphatic carbocycles. The van der Waals surface area contributed by atoms with Gasteiger partial charge in [0.2, 0.25) is 15.9 Å². The Labute approximate surface area is 191 Å². The first kappa shape index (κ1) is 25.4. The first-order valence-corrected chi connectivity index (χ1v) is 11.4. The molecule has 1 fully saturated rings. The number of aliphatic carboxylic acids is 1. The van der Waals surface area contributed by atoms with Crippen molar-refractivity contribution in [2.75, 3.05) is 19.6 Å². The number of alkyl halides is 3. The van der Waals surface area contributed by atoms with Crippen molar-refractivity contribution in [1.29, 1.82) is 0 Å². The molecule has 1 amide bonds. The summed E-state index contributed by atoms with van der Waals surface area (Å²) in [5, 5.41) is 20.8. The van der Waals surface area contributed by atoms with Gasteiger partial charge in [-0.1, -0.05) is 13.8 Å². The Hall–Kier alpha value is -3.27. The Morgan fingerprint density at radius 2 is 1.85 bits per heavy atom. The first-order chi connectivity index (χ1) is 15.8. The van der Waals surface area contributed by atoms with Crippen molar-refractivity contribution in [3.63, 3.8) is 0 Å². The molecule has 0 spiro atoms. The van der Waals surface area contributed by atoms with Crippen LogP contribution in [0.15, 0.2) is 29.2 Å². The molecule has 1 aliphatic rings. The van der Waals surface area contributed by atoms with E-state index in [1.165, 1.54) is 9.58 Å². The zero-order chi connectivity index (χ0) is 25.3. The summed E-state index contributed by atoms with van der Waals surface area (Å²) in [6.45, 7) is 2.55. The quantitative estimate of drug-likeness (QED) is 0.572. The van der Waals surface area contributed by atoms with Gasteiger partial charge in [0.1, 0.15) is 18.3 Å². The van der Waals surface area contributed by atoms with E-state index >= 15 is 0 Å². The number of piperazine rings is 1. The number of rotatable bonds is 7. The Bertz CT molecular complexity index is 1150. The highest BCUT2D eigenvalue weighted by Gasteiger charge is 2.41. The van der Waals surface area contributed by atoms with Gasteiger partial charge in [0.15, 0.2) is 5.82 Å². The van der Waals surface area contributed by atoms with Gasteiger partial charge in [-0.05, 0) is 34.7 Å². The zero-order valence-corrected chi connectivity index (χ0v) is 18.8. The number of carbonyl (C=O) groups is 2. The van der Waals surface area contributed by atoms with Crippen molar-refractivity contribution in [3.8, 4) is 5.75 Å². The summed E-state index contributed by atoms with van der Waals surface area (Å²) >= 11 is 0. The third-order valence-corrected chi connectivity index (χ3v) is 6.92. The smallest absolute Gasteiger partial charge is 0.480 e. The van der Waals surface area contributed by atoms with Gasteiger partial charge in [-0.3, -0.25) is 9.59 Å². The third-order valence-electron chi connectivity index (χ3n) is 4.99. The molecule has 1 N–H and O–H groups in total. The lowest BCUT2D eigenvalue weighted by molar-refractivity contribution is -0.274. The lowest BCUT2D eigenvalue weighted by atomic mass is 10.2. The summed E-state index contributed by atoms with van der Waals surface area (Å²) in [5.41, 5.74) is 0. The van der Waals surface area contributed by atoms with Crippen LogP contribution in [0.25, 0.3) is 0 Å². The normalized spacial score (nSPS) is 17.7. The molecule has 12 nitrogen and oxygen atoms in total. The van der Waals surface area contributed by atoms with E-state index in [1.54, 1.807) is 0 Å². The highest BCUT2D eigenvalue weighted by molar-refractivity contribution is 7.89. The van der Waals surface area contributed by atoms with Crippen molar-refractivity contribution in [3.05, 3.63) is 30.1 Å². The molecule has 1 saturated heterocycles. The number of hydrogen-bond acceptors (Lipinski definition) is 8. The van der Waals surface area contributed by atoms with Gasteiger partial charge in [-0.15, -0.1) is 18.3 Å². The lowest BCUT2D eigenvalue weighted by Gasteiger charge is -2.38. The molecule has 2 heterocycles. The molecule has 3 rings (SSSR count). The number of carboxylic acid groups (broad SMARTS) is 1. The monoisotopic (exact) mass is 506 g/mol. The van der Waals surface area contributed by atoms with E-state index in [1.807, 2.05) is 13.8 Å². The zero-order valence-electron chi connectivity index (χ0n) is 18.0. The van der Waals surface area contributed by atoms with Crippen LogP contribution in [0, 0.1) is 0 Å². The molecule has 2 aromatic rings. The first-order valence-electron chi connectivity index (χ1n) is 9.94. The molecule has 0 saturated carbocycles. The predicted molar refractivity (Wildman–Crippen MR) is 107 cm³/mol. The molecule has 0 radical (unpaired) electrons. The second-order valence-electron chi connectivity index (χ2n) is 7.68. The van der Waals surface area contributed by atoms with Crippen LogP contribution in [0.3, 0.4) is 0 Å². The van der Waals surface area contributed by atoms with E-state index in [4.69, 9.17) is 0 Å². The fourth-order valence-corrected chi connectivity index (χ4v) is 4.96. The number of carboxylic acids is 1. The molecule has 1 aliphatic heterocycles. The number of aromatic nitrogens is 4. The van der Waals surface area contributed by atoms with Gasteiger partial charge in [-0.25, -0.2) is 13.1 Å². The molecule has 34 heavy (non-hydrogen) atoms. The molecule has 1 aromatic carbocycles. The molecule has 1 atom stereocenters. The fraction of sp³-hybridized carbons (Fsp3) is 0.500. The number of carbonyl (C=O) groups excluding carboxylic acids is 1. The maximum atomic E-state index is 13.0. The maximum absolute atomic E-state index is 13.0. The van der Waals surface area contributed by atoms with Crippen LogP contribution in [-0.2, 0) is 26.2 Å². The fourth-order valence-electron chi connectivity index (χ4n) is 3.40. The molecule has 1 aromatic heterocycles. The lowest BCUT2D eigenvalue weighted by Crippen LogP contribution is -2.59. The number of sulfonamides is 1. The van der Waals surface area contributed by atoms with Gasteiger partial charge in [0.05, 0.1) is 4.90 Å². The minimum Gasteiger partial charge on any atom is -0.480 e. The molecule has 186 valence electrons.